The molecule has 0 spiro atoms. The minimum Gasteiger partial charge on any atom is -0.476 e. The Kier molecular flexibility index (Phi) is 4.57. The Morgan fingerprint density at radius 1 is 1.20 bits per heavy atom. The van der Waals surface area contributed by atoms with Gasteiger partial charge in [0.05, 0.1) is 23.6 Å². The van der Waals surface area contributed by atoms with Gasteiger partial charge in [0.15, 0.2) is 5.69 Å². The van der Waals surface area contributed by atoms with E-state index in [0.29, 0.717) is 36.3 Å². The van der Waals surface area contributed by atoms with E-state index in [1.54, 1.807) is 17.0 Å². The molecule has 1 aromatic carbocycles. The van der Waals surface area contributed by atoms with Gasteiger partial charge in [0.2, 0.25) is 0 Å². The Morgan fingerprint density at radius 2 is 1.96 bits per heavy atom. The van der Waals surface area contributed by atoms with Crippen LogP contribution >= 0.6 is 0 Å². The molecule has 1 aromatic heterocycles. The summed E-state index contributed by atoms with van der Waals surface area (Å²) in [6, 6.07) is 5.35. The number of nitrogens with one attached hydrogen (secondary N) is 4. The Bertz CT molecular complexity index is 816. The van der Waals surface area contributed by atoms with Crippen molar-refractivity contribution in [2.75, 3.05) is 17.4 Å². The van der Waals surface area contributed by atoms with Crippen molar-refractivity contribution in [3.05, 3.63) is 40.7 Å². The van der Waals surface area contributed by atoms with Gasteiger partial charge in [-0.3, -0.25) is 9.89 Å². The predicted molar refractivity (Wildman–Crippen MR) is 92.2 cm³/mol. The molecule has 0 fully saturated rings. The number of carboxylic acid groups (broad SMARTS) is 1. The predicted octanol–water partition coefficient (Wildman–Crippen LogP) is 1.59. The Hall–Kier alpha value is -3.07. The van der Waals surface area contributed by atoms with Crippen LogP contribution in [0.25, 0.3) is 0 Å². The van der Waals surface area contributed by atoms with Gasteiger partial charge in [-0.2, -0.15) is 5.10 Å². The Morgan fingerprint density at radius 3 is 2.72 bits per heavy atom. The van der Waals surface area contributed by atoms with Crippen LogP contribution in [0.4, 0.5) is 11.4 Å². The second-order valence-electron chi connectivity index (χ2n) is 5.45. The fourth-order valence-corrected chi connectivity index (χ4v) is 2.91. The molecule has 0 aliphatic carbocycles. The van der Waals surface area contributed by atoms with E-state index in [1.807, 2.05) is 19.9 Å². The van der Waals surface area contributed by atoms with E-state index in [0.717, 1.165) is 11.4 Å². The molecule has 9 heteroatoms. The van der Waals surface area contributed by atoms with Gasteiger partial charge in [-0.05, 0) is 24.6 Å². The van der Waals surface area contributed by atoms with Crippen LogP contribution in [0.15, 0.2) is 18.2 Å². The zero-order chi connectivity index (χ0) is 18.0. The highest BCUT2D eigenvalue weighted by atomic mass is 16.4. The van der Waals surface area contributed by atoms with Crippen molar-refractivity contribution in [1.29, 1.82) is 0 Å². The lowest BCUT2D eigenvalue weighted by molar-refractivity contribution is 0.0689. The van der Waals surface area contributed by atoms with Crippen molar-refractivity contribution in [1.82, 2.24) is 20.6 Å². The van der Waals surface area contributed by atoms with Gasteiger partial charge >= 0.3 is 5.97 Å². The second-order valence-corrected chi connectivity index (χ2v) is 5.45. The molecule has 3 heterocycles. The maximum atomic E-state index is 12.7. The number of amides is 1. The summed E-state index contributed by atoms with van der Waals surface area (Å²) in [7, 11) is 0. The van der Waals surface area contributed by atoms with Crippen molar-refractivity contribution in [3.8, 4) is 0 Å². The number of carbonyl (C=O) groups excluding carboxylic acids is 1. The van der Waals surface area contributed by atoms with Crippen molar-refractivity contribution >= 4 is 23.3 Å². The number of hydrogen-bond donors (Lipinski definition) is 5. The zero-order valence-electron chi connectivity index (χ0n) is 14.0. The average molecular weight is 344 g/mol. The summed E-state index contributed by atoms with van der Waals surface area (Å²) in [6.07, 6.45) is 0.478. The summed E-state index contributed by atoms with van der Waals surface area (Å²) in [5.41, 5.74) is 12.3. The van der Waals surface area contributed by atoms with Crippen LogP contribution in [-0.4, -0.2) is 38.6 Å². The molecule has 0 bridgehead atoms. The number of nitrogens with zero attached hydrogens (tertiary/aromatic N) is 2. The van der Waals surface area contributed by atoms with Gasteiger partial charge in [-0.25, -0.2) is 4.79 Å². The maximum Gasteiger partial charge on any atom is 0.356 e. The number of hydrazine groups is 2. The van der Waals surface area contributed by atoms with Crippen LogP contribution < -0.4 is 16.4 Å². The zero-order valence-corrected chi connectivity index (χ0v) is 14.0. The van der Waals surface area contributed by atoms with E-state index in [9.17, 15) is 9.59 Å². The normalized spacial score (nSPS) is 14.4. The first kappa shape index (κ1) is 16.8. The van der Waals surface area contributed by atoms with E-state index in [-0.39, 0.29) is 11.6 Å². The van der Waals surface area contributed by atoms with Crippen molar-refractivity contribution < 1.29 is 14.7 Å². The molecule has 9 nitrogen and oxygen atoms in total. The van der Waals surface area contributed by atoms with Crippen LogP contribution in [0, 0.1) is 0 Å². The number of carboxylic acids is 1. The molecule has 2 aliphatic rings. The lowest BCUT2D eigenvalue weighted by Crippen LogP contribution is -2.36. The Balaban J connectivity index is 0.000000880. The number of aromatic nitrogens is 2. The van der Waals surface area contributed by atoms with Crippen LogP contribution in [0.5, 0.6) is 0 Å². The SMILES string of the molecule is CC.O=C(O)c1n[nH]c2c1CCN(C(=O)c1ccc3c(c1)NNN3)C2. The summed E-state index contributed by atoms with van der Waals surface area (Å²) in [6.45, 7) is 4.79. The van der Waals surface area contributed by atoms with E-state index >= 15 is 0 Å². The third-order valence-corrected chi connectivity index (χ3v) is 4.08. The standard InChI is InChI=1S/C14H14N6O3.C2H6/c21-13(7-1-2-9-10(5-7)17-19-16-9)20-4-3-8-11(6-20)15-18-12(8)14(22)23;1-2/h1-2,5,16-17,19H,3-4,6H2,(H,15,18)(H,22,23);1-2H3. The molecule has 1 amide bonds. The van der Waals surface area contributed by atoms with E-state index in [4.69, 9.17) is 5.11 Å². The lowest BCUT2D eigenvalue weighted by atomic mass is 10.0. The summed E-state index contributed by atoms with van der Waals surface area (Å²) < 4.78 is 0. The quantitative estimate of drug-likeness (QED) is 0.561. The molecule has 2 aliphatic heterocycles. The topological polar surface area (TPSA) is 122 Å². The molecule has 0 atom stereocenters. The van der Waals surface area contributed by atoms with Crippen molar-refractivity contribution in [2.24, 2.45) is 0 Å². The molecule has 2 aromatic rings. The highest BCUT2D eigenvalue weighted by Gasteiger charge is 2.28. The van der Waals surface area contributed by atoms with E-state index in [2.05, 4.69) is 26.6 Å². The minimum atomic E-state index is -1.05. The van der Waals surface area contributed by atoms with Crippen molar-refractivity contribution in [3.63, 3.8) is 0 Å². The van der Waals surface area contributed by atoms with Crippen LogP contribution in [-0.2, 0) is 13.0 Å². The first-order valence-electron chi connectivity index (χ1n) is 8.13. The molecule has 4 rings (SSSR count). The number of aromatic amines is 1. The summed E-state index contributed by atoms with van der Waals surface area (Å²) >= 11 is 0. The minimum absolute atomic E-state index is 0.0472. The fourth-order valence-electron chi connectivity index (χ4n) is 2.91. The molecule has 132 valence electrons. The molecular weight excluding hydrogens is 324 g/mol. The monoisotopic (exact) mass is 344 g/mol. The third kappa shape index (κ3) is 3.01. The smallest absolute Gasteiger partial charge is 0.356 e. The number of rotatable bonds is 2. The number of benzene rings is 1. The molecule has 5 N–H and O–H groups in total. The molecule has 25 heavy (non-hydrogen) atoms. The molecule has 0 saturated carbocycles. The van der Waals surface area contributed by atoms with Gasteiger partial charge in [-0.1, -0.05) is 13.8 Å². The summed E-state index contributed by atoms with van der Waals surface area (Å²) in [5.74, 6) is -1.15. The van der Waals surface area contributed by atoms with Gasteiger partial charge in [0, 0.05) is 17.7 Å². The summed E-state index contributed by atoms with van der Waals surface area (Å²) in [4.78, 5) is 25.4. The first-order valence-corrected chi connectivity index (χ1v) is 8.13. The number of fused-ring (bicyclic) bond motifs is 2. The number of H-pyrrole nitrogens is 1. The van der Waals surface area contributed by atoms with Crippen LogP contribution in [0.1, 0.15) is 46.0 Å². The molecule has 0 radical (unpaired) electrons. The largest absolute Gasteiger partial charge is 0.476 e. The highest BCUT2D eigenvalue weighted by molar-refractivity contribution is 5.97. The maximum absolute atomic E-state index is 12.7. The van der Waals surface area contributed by atoms with Crippen molar-refractivity contribution in [2.45, 2.75) is 26.8 Å². The average Bonchev–Trinajstić information content (AvgIpc) is 3.28. The molecule has 0 saturated heterocycles. The highest BCUT2D eigenvalue weighted by Crippen LogP contribution is 2.27. The second kappa shape index (κ2) is 6.81. The van der Waals surface area contributed by atoms with E-state index in [1.165, 1.54) is 0 Å². The number of carbonyl (C=O) groups is 2. The Labute approximate surface area is 144 Å². The van der Waals surface area contributed by atoms with Gasteiger partial charge < -0.3 is 20.9 Å². The first-order chi connectivity index (χ1) is 12.1. The number of anilines is 2. The molecule has 0 unspecified atom stereocenters. The number of hydrogen-bond acceptors (Lipinski definition) is 6. The van der Waals surface area contributed by atoms with Gasteiger partial charge in [-0.15, -0.1) is 5.53 Å². The summed E-state index contributed by atoms with van der Waals surface area (Å²) in [5, 5.41) is 15.6. The van der Waals surface area contributed by atoms with E-state index < -0.39 is 5.97 Å². The molecular formula is C16H20N6O3. The van der Waals surface area contributed by atoms with Gasteiger partial charge in [0.25, 0.3) is 5.91 Å². The van der Waals surface area contributed by atoms with Crippen LogP contribution in [0.3, 0.4) is 0 Å². The third-order valence-electron chi connectivity index (χ3n) is 4.08. The number of aromatic carboxylic acids is 1. The lowest BCUT2D eigenvalue weighted by Gasteiger charge is -2.27. The van der Waals surface area contributed by atoms with Crippen LogP contribution in [0.2, 0.25) is 0 Å². The van der Waals surface area contributed by atoms with Gasteiger partial charge in [0.1, 0.15) is 0 Å². The fraction of sp³-hybridized carbons (Fsp3) is 0.312.